The number of hydrogen-bond acceptors (Lipinski definition) is 6. The number of benzene rings is 1. The first-order valence-corrected chi connectivity index (χ1v) is 10.5. The SMILES string of the molecule is Cc1ccc(/C=C2/SC(=S)N(CCCC(=O)NNC(=O)c3ccncc3)C2=O)cc1. The number of thioether (sulfide) groups is 1. The molecule has 3 amide bonds. The molecular weight excluding hydrogens is 420 g/mol. The van der Waals surface area contributed by atoms with E-state index in [-0.39, 0.29) is 18.2 Å². The summed E-state index contributed by atoms with van der Waals surface area (Å²) in [6, 6.07) is 11.0. The van der Waals surface area contributed by atoms with Crippen LogP contribution in [-0.4, -0.2) is 38.5 Å². The lowest BCUT2D eigenvalue weighted by Crippen LogP contribution is -2.41. The number of carbonyl (C=O) groups excluding carboxylic acids is 3. The highest BCUT2D eigenvalue weighted by atomic mass is 32.2. The number of nitrogens with one attached hydrogen (secondary N) is 2. The zero-order valence-corrected chi connectivity index (χ0v) is 17.9. The van der Waals surface area contributed by atoms with Crippen molar-refractivity contribution >= 4 is 52.1 Å². The second-order valence-electron chi connectivity index (χ2n) is 6.59. The lowest BCUT2D eigenvalue weighted by Gasteiger charge is -2.14. The number of carbonyl (C=O) groups is 3. The molecule has 2 aromatic rings. The molecule has 0 radical (unpaired) electrons. The normalized spacial score (nSPS) is 14.8. The predicted octanol–water partition coefficient (Wildman–Crippen LogP) is 2.83. The standard InChI is InChI=1S/C21H20N4O3S2/c1-14-4-6-15(7-5-14)13-17-20(28)25(21(29)30-17)12-2-3-18(26)23-24-19(27)16-8-10-22-11-9-16/h4-11,13H,2-3,12H2,1H3,(H,23,26)(H,24,27)/b17-13+. The van der Waals surface area contributed by atoms with Crippen LogP contribution in [0.15, 0.2) is 53.7 Å². The van der Waals surface area contributed by atoms with Crippen LogP contribution in [0.1, 0.15) is 34.3 Å². The second-order valence-corrected chi connectivity index (χ2v) is 8.26. The van der Waals surface area contributed by atoms with Gasteiger partial charge in [-0.1, -0.05) is 53.8 Å². The topological polar surface area (TPSA) is 91.4 Å². The van der Waals surface area contributed by atoms with Crippen LogP contribution in [-0.2, 0) is 9.59 Å². The number of thiocarbonyl (C=S) groups is 1. The summed E-state index contributed by atoms with van der Waals surface area (Å²) in [4.78, 5) is 42.4. The Morgan fingerprint density at radius 1 is 1.13 bits per heavy atom. The average molecular weight is 441 g/mol. The summed E-state index contributed by atoms with van der Waals surface area (Å²) in [5, 5.41) is 0. The molecular formula is C21H20N4O3S2. The Morgan fingerprint density at radius 2 is 1.83 bits per heavy atom. The van der Waals surface area contributed by atoms with Crippen molar-refractivity contribution in [2.24, 2.45) is 0 Å². The van der Waals surface area contributed by atoms with Crippen molar-refractivity contribution in [1.29, 1.82) is 0 Å². The van der Waals surface area contributed by atoms with Crippen LogP contribution in [0.2, 0.25) is 0 Å². The maximum Gasteiger partial charge on any atom is 0.269 e. The van der Waals surface area contributed by atoms with Crippen molar-refractivity contribution in [3.63, 3.8) is 0 Å². The Kier molecular flexibility index (Phi) is 7.31. The maximum absolute atomic E-state index is 12.6. The smallest absolute Gasteiger partial charge is 0.269 e. The van der Waals surface area contributed by atoms with Gasteiger partial charge in [-0.3, -0.25) is 35.1 Å². The number of aromatic nitrogens is 1. The molecule has 1 saturated heterocycles. The summed E-state index contributed by atoms with van der Waals surface area (Å²) < 4.78 is 0.477. The van der Waals surface area contributed by atoms with Crippen molar-refractivity contribution in [2.75, 3.05) is 6.54 Å². The number of rotatable bonds is 6. The highest BCUT2D eigenvalue weighted by Gasteiger charge is 2.31. The van der Waals surface area contributed by atoms with Gasteiger partial charge >= 0.3 is 0 Å². The number of aryl methyl sites for hydroxylation is 1. The summed E-state index contributed by atoms with van der Waals surface area (Å²) >= 11 is 6.57. The van der Waals surface area contributed by atoms with Gasteiger partial charge in [-0.15, -0.1) is 0 Å². The third-order valence-corrected chi connectivity index (χ3v) is 5.67. The van der Waals surface area contributed by atoms with E-state index in [1.54, 1.807) is 12.1 Å². The third-order valence-electron chi connectivity index (χ3n) is 4.29. The zero-order chi connectivity index (χ0) is 21.5. The van der Waals surface area contributed by atoms with E-state index in [9.17, 15) is 14.4 Å². The van der Waals surface area contributed by atoms with E-state index in [0.717, 1.165) is 11.1 Å². The molecule has 1 fully saturated rings. The molecule has 154 valence electrons. The average Bonchev–Trinajstić information content (AvgIpc) is 3.01. The Morgan fingerprint density at radius 3 is 2.53 bits per heavy atom. The molecule has 0 atom stereocenters. The van der Waals surface area contributed by atoms with Gasteiger partial charge in [0.15, 0.2) is 0 Å². The first-order chi connectivity index (χ1) is 14.4. The van der Waals surface area contributed by atoms with Gasteiger partial charge in [0.05, 0.1) is 4.91 Å². The third kappa shape index (κ3) is 5.74. The Bertz CT molecular complexity index is 991. The van der Waals surface area contributed by atoms with E-state index >= 15 is 0 Å². The number of hydrazine groups is 1. The molecule has 9 heteroatoms. The molecule has 0 bridgehead atoms. The minimum absolute atomic E-state index is 0.144. The van der Waals surface area contributed by atoms with Gasteiger partial charge in [-0.25, -0.2) is 0 Å². The summed E-state index contributed by atoms with van der Waals surface area (Å²) in [5.41, 5.74) is 7.19. The van der Waals surface area contributed by atoms with Crippen LogP contribution >= 0.6 is 24.0 Å². The molecule has 0 spiro atoms. The zero-order valence-electron chi connectivity index (χ0n) is 16.3. The monoisotopic (exact) mass is 440 g/mol. The maximum atomic E-state index is 12.6. The Balaban J connectivity index is 1.45. The van der Waals surface area contributed by atoms with Crippen molar-refractivity contribution < 1.29 is 14.4 Å². The number of pyridine rings is 1. The highest BCUT2D eigenvalue weighted by molar-refractivity contribution is 8.26. The molecule has 0 unspecified atom stereocenters. The fourth-order valence-corrected chi connectivity index (χ4v) is 3.98. The van der Waals surface area contributed by atoms with E-state index in [4.69, 9.17) is 12.2 Å². The fourth-order valence-electron chi connectivity index (χ4n) is 2.67. The first-order valence-electron chi connectivity index (χ1n) is 9.25. The van der Waals surface area contributed by atoms with Crippen LogP contribution in [0, 0.1) is 6.92 Å². The molecule has 30 heavy (non-hydrogen) atoms. The van der Waals surface area contributed by atoms with Gasteiger partial charge in [0.1, 0.15) is 4.32 Å². The van der Waals surface area contributed by atoms with Gasteiger partial charge < -0.3 is 0 Å². The van der Waals surface area contributed by atoms with Crippen LogP contribution < -0.4 is 10.9 Å². The van der Waals surface area contributed by atoms with Crippen molar-refractivity contribution in [3.8, 4) is 0 Å². The first kappa shape index (κ1) is 21.7. The largest absolute Gasteiger partial charge is 0.293 e. The van der Waals surface area contributed by atoms with E-state index in [1.807, 2.05) is 37.3 Å². The van der Waals surface area contributed by atoms with E-state index < -0.39 is 5.91 Å². The summed E-state index contributed by atoms with van der Waals surface area (Å²) in [6.07, 6.45) is 5.37. The minimum atomic E-state index is -0.427. The quantitative estimate of drug-likeness (QED) is 0.408. The molecule has 1 aromatic carbocycles. The molecule has 1 aromatic heterocycles. The lowest BCUT2D eigenvalue weighted by atomic mass is 10.1. The molecule has 2 N–H and O–H groups in total. The molecule has 0 aliphatic carbocycles. The summed E-state index contributed by atoms with van der Waals surface area (Å²) in [5.74, 6) is -0.932. The van der Waals surface area contributed by atoms with Crippen molar-refractivity contribution in [3.05, 3.63) is 70.4 Å². The second kappa shape index (κ2) is 10.1. The van der Waals surface area contributed by atoms with Gasteiger partial charge in [-0.05, 0) is 37.1 Å². The van der Waals surface area contributed by atoms with Gasteiger partial charge in [-0.2, -0.15) is 0 Å². The fraction of sp³-hybridized carbons (Fsp3) is 0.190. The van der Waals surface area contributed by atoms with Crippen LogP contribution in [0.5, 0.6) is 0 Å². The van der Waals surface area contributed by atoms with E-state index in [0.29, 0.717) is 27.8 Å². The van der Waals surface area contributed by atoms with E-state index in [2.05, 4.69) is 15.8 Å². The van der Waals surface area contributed by atoms with Gasteiger partial charge in [0.25, 0.3) is 11.8 Å². The highest BCUT2D eigenvalue weighted by Crippen LogP contribution is 2.32. The number of amides is 3. The molecule has 3 rings (SSSR count). The molecule has 2 heterocycles. The summed E-state index contributed by atoms with van der Waals surface area (Å²) in [6.45, 7) is 2.34. The predicted molar refractivity (Wildman–Crippen MR) is 120 cm³/mol. The van der Waals surface area contributed by atoms with Gasteiger partial charge in [0.2, 0.25) is 5.91 Å². The lowest BCUT2D eigenvalue weighted by molar-refractivity contribution is -0.124. The van der Waals surface area contributed by atoms with Gasteiger partial charge in [0, 0.05) is 30.9 Å². The summed E-state index contributed by atoms with van der Waals surface area (Å²) in [7, 11) is 0. The van der Waals surface area contributed by atoms with Crippen LogP contribution in [0.4, 0.5) is 0 Å². The number of nitrogens with zero attached hydrogens (tertiary/aromatic N) is 2. The minimum Gasteiger partial charge on any atom is -0.293 e. The Hall–Kier alpha value is -3.04. The van der Waals surface area contributed by atoms with E-state index in [1.165, 1.54) is 29.1 Å². The molecule has 7 nitrogen and oxygen atoms in total. The van der Waals surface area contributed by atoms with Crippen molar-refractivity contribution in [2.45, 2.75) is 19.8 Å². The number of hydrogen-bond donors (Lipinski definition) is 2. The Labute approximate surface area is 183 Å². The van der Waals surface area contributed by atoms with Crippen LogP contribution in [0.3, 0.4) is 0 Å². The molecule has 1 aliphatic rings. The van der Waals surface area contributed by atoms with Crippen molar-refractivity contribution in [1.82, 2.24) is 20.7 Å². The molecule has 0 saturated carbocycles. The van der Waals surface area contributed by atoms with Crippen LogP contribution in [0.25, 0.3) is 6.08 Å². The molecule has 1 aliphatic heterocycles.